The maximum Gasteiger partial charge on any atom is 0.306 e. The summed E-state index contributed by atoms with van der Waals surface area (Å²) in [5, 5.41) is 0.407. The third-order valence-electron chi connectivity index (χ3n) is 5.71. The van der Waals surface area contributed by atoms with Crippen LogP contribution in [0.2, 0.25) is 0 Å². The van der Waals surface area contributed by atoms with Gasteiger partial charge in [-0.05, 0) is 35.4 Å². The molecule has 0 radical (unpaired) electrons. The summed E-state index contributed by atoms with van der Waals surface area (Å²) in [6, 6.07) is 20.2. The molecule has 0 saturated carbocycles. The van der Waals surface area contributed by atoms with Gasteiger partial charge in [0.2, 0.25) is 5.43 Å². The minimum atomic E-state index is -0.424. The molecule has 1 heterocycles. The molecule has 6 nitrogen and oxygen atoms in total. The van der Waals surface area contributed by atoms with Gasteiger partial charge in [-0.15, -0.1) is 0 Å². The maximum absolute atomic E-state index is 13.4. The number of rotatable bonds is 7. The monoisotopic (exact) mass is 444 g/mol. The van der Waals surface area contributed by atoms with Gasteiger partial charge in [0, 0.05) is 11.5 Å². The lowest BCUT2D eigenvalue weighted by Crippen LogP contribution is -2.13. The largest absolute Gasteiger partial charge is 0.497 e. The average Bonchev–Trinajstić information content (AvgIpc) is 2.87. The first-order valence-corrected chi connectivity index (χ1v) is 10.5. The molecular weight excluding hydrogens is 420 g/mol. The minimum Gasteiger partial charge on any atom is -0.497 e. The molecule has 168 valence electrons. The summed E-state index contributed by atoms with van der Waals surface area (Å²) in [4.78, 5) is 25.7. The molecular formula is C27H24O6. The van der Waals surface area contributed by atoms with Gasteiger partial charge in [-0.25, -0.2) is 0 Å². The first-order chi connectivity index (χ1) is 16.1. The van der Waals surface area contributed by atoms with E-state index in [1.807, 2.05) is 42.5 Å². The Bertz CT molecular complexity index is 1320. The highest BCUT2D eigenvalue weighted by atomic mass is 16.5. The van der Waals surface area contributed by atoms with Crippen molar-refractivity contribution in [2.45, 2.75) is 12.3 Å². The molecule has 0 aliphatic heterocycles. The molecule has 0 spiro atoms. The number of methoxy groups -OCH3 is 3. The van der Waals surface area contributed by atoms with Crippen molar-refractivity contribution in [1.82, 2.24) is 0 Å². The van der Waals surface area contributed by atoms with E-state index in [4.69, 9.17) is 18.6 Å². The first kappa shape index (κ1) is 22.1. The van der Waals surface area contributed by atoms with Crippen molar-refractivity contribution in [2.24, 2.45) is 0 Å². The van der Waals surface area contributed by atoms with Crippen molar-refractivity contribution in [1.29, 1.82) is 0 Å². The van der Waals surface area contributed by atoms with Gasteiger partial charge in [0.15, 0.2) is 0 Å². The lowest BCUT2D eigenvalue weighted by atomic mass is 9.86. The Balaban J connectivity index is 1.93. The van der Waals surface area contributed by atoms with Gasteiger partial charge in [0.1, 0.15) is 23.3 Å². The van der Waals surface area contributed by atoms with Gasteiger partial charge in [-0.1, -0.05) is 42.5 Å². The predicted molar refractivity (Wildman–Crippen MR) is 126 cm³/mol. The smallest absolute Gasteiger partial charge is 0.306 e. The average molecular weight is 444 g/mol. The molecule has 33 heavy (non-hydrogen) atoms. The van der Waals surface area contributed by atoms with Crippen molar-refractivity contribution in [2.75, 3.05) is 21.3 Å². The van der Waals surface area contributed by atoms with Crippen LogP contribution in [-0.2, 0) is 9.53 Å². The number of benzene rings is 3. The predicted octanol–water partition coefficient (Wildman–Crippen LogP) is 5.17. The molecule has 0 aliphatic carbocycles. The molecule has 1 atom stereocenters. The lowest BCUT2D eigenvalue weighted by Gasteiger charge is -2.21. The van der Waals surface area contributed by atoms with Crippen molar-refractivity contribution in [3.63, 3.8) is 0 Å². The third kappa shape index (κ3) is 4.32. The molecule has 0 fully saturated rings. The standard InChI is InChI=1S/C27H24O6/c1-30-19-11-9-18(10-12-19)22-16-33-27-20(26(22)29)13-14-23(31-2)25(27)21(15-24(28)32-3)17-7-5-4-6-8-17/h4-14,16,21H,15H2,1-3H3/t21-/m0/s1. The lowest BCUT2D eigenvalue weighted by molar-refractivity contribution is -0.140. The number of hydrogen-bond donors (Lipinski definition) is 0. The minimum absolute atomic E-state index is 0.0694. The molecule has 0 saturated heterocycles. The molecule has 6 heteroatoms. The van der Waals surface area contributed by atoms with Gasteiger partial charge < -0.3 is 18.6 Å². The van der Waals surface area contributed by atoms with Crippen molar-refractivity contribution in [3.8, 4) is 22.6 Å². The van der Waals surface area contributed by atoms with Crippen LogP contribution < -0.4 is 14.9 Å². The Morgan fingerprint density at radius 3 is 2.27 bits per heavy atom. The quantitative estimate of drug-likeness (QED) is 0.366. The summed E-state index contributed by atoms with van der Waals surface area (Å²) in [6.45, 7) is 0. The van der Waals surface area contributed by atoms with Crippen molar-refractivity contribution in [3.05, 3.63) is 94.3 Å². The molecule has 0 amide bonds. The van der Waals surface area contributed by atoms with Gasteiger partial charge in [-0.2, -0.15) is 0 Å². The zero-order valence-electron chi connectivity index (χ0n) is 18.7. The zero-order valence-corrected chi connectivity index (χ0v) is 18.7. The number of esters is 1. The van der Waals surface area contributed by atoms with Gasteiger partial charge in [0.25, 0.3) is 0 Å². The fraction of sp³-hybridized carbons (Fsp3) is 0.185. The van der Waals surface area contributed by atoms with E-state index in [0.717, 1.165) is 11.1 Å². The van der Waals surface area contributed by atoms with Crippen LogP contribution in [0.5, 0.6) is 11.5 Å². The number of carbonyl (C=O) groups is 1. The fourth-order valence-electron chi connectivity index (χ4n) is 4.00. The van der Waals surface area contributed by atoms with Crippen LogP contribution in [0, 0.1) is 0 Å². The summed E-state index contributed by atoms with van der Waals surface area (Å²) in [6.07, 6.45) is 1.52. The molecule has 4 rings (SSSR count). The summed E-state index contributed by atoms with van der Waals surface area (Å²) in [5.41, 5.74) is 2.88. The van der Waals surface area contributed by atoms with Crippen molar-refractivity contribution < 1.29 is 23.4 Å². The molecule has 0 N–H and O–H groups in total. The second kappa shape index (κ2) is 9.61. The SMILES string of the molecule is COC(=O)C[C@@H](c1ccccc1)c1c(OC)ccc2c(=O)c(-c3ccc(OC)cc3)coc12. The Labute approximate surface area is 191 Å². The summed E-state index contributed by atoms with van der Waals surface area (Å²) < 4.78 is 21.8. The highest BCUT2D eigenvalue weighted by molar-refractivity contribution is 5.87. The molecule has 0 aliphatic rings. The van der Waals surface area contributed by atoms with E-state index in [-0.39, 0.29) is 17.8 Å². The second-order valence-corrected chi connectivity index (χ2v) is 7.51. The van der Waals surface area contributed by atoms with Crippen molar-refractivity contribution >= 4 is 16.9 Å². The van der Waals surface area contributed by atoms with E-state index in [1.54, 1.807) is 38.5 Å². The molecule has 1 aromatic heterocycles. The van der Waals surface area contributed by atoms with Crippen LogP contribution in [0.3, 0.4) is 0 Å². The maximum atomic E-state index is 13.4. The van der Waals surface area contributed by atoms with E-state index in [2.05, 4.69) is 0 Å². The van der Waals surface area contributed by atoms with E-state index < -0.39 is 5.92 Å². The van der Waals surface area contributed by atoms with Crippen LogP contribution in [0.15, 0.2) is 82.2 Å². The zero-order chi connectivity index (χ0) is 23.4. The Kier molecular flexibility index (Phi) is 6.45. The second-order valence-electron chi connectivity index (χ2n) is 7.51. The number of ether oxygens (including phenoxy) is 3. The van der Waals surface area contributed by atoms with E-state index in [1.165, 1.54) is 13.4 Å². The summed E-state index contributed by atoms with van der Waals surface area (Å²) in [7, 11) is 4.49. The molecule has 0 bridgehead atoms. The normalized spacial score (nSPS) is 11.7. The van der Waals surface area contributed by atoms with Crippen LogP contribution in [0.4, 0.5) is 0 Å². The summed E-state index contributed by atoms with van der Waals surface area (Å²) in [5.74, 6) is 0.428. The number of fused-ring (bicyclic) bond motifs is 1. The van der Waals surface area contributed by atoms with Crippen LogP contribution in [0.1, 0.15) is 23.5 Å². The van der Waals surface area contributed by atoms with Crippen LogP contribution in [-0.4, -0.2) is 27.3 Å². The van der Waals surface area contributed by atoms with Crippen LogP contribution in [0.25, 0.3) is 22.1 Å². The van der Waals surface area contributed by atoms with E-state index in [0.29, 0.717) is 33.6 Å². The van der Waals surface area contributed by atoms with E-state index in [9.17, 15) is 9.59 Å². The van der Waals surface area contributed by atoms with Gasteiger partial charge in [-0.3, -0.25) is 9.59 Å². The summed E-state index contributed by atoms with van der Waals surface area (Å²) >= 11 is 0. The molecule has 0 unspecified atom stereocenters. The molecule has 4 aromatic rings. The number of carbonyl (C=O) groups excluding carboxylic acids is 1. The topological polar surface area (TPSA) is 75.0 Å². The highest BCUT2D eigenvalue weighted by Gasteiger charge is 2.27. The van der Waals surface area contributed by atoms with E-state index >= 15 is 0 Å². The van der Waals surface area contributed by atoms with Gasteiger partial charge in [0.05, 0.1) is 38.7 Å². The Morgan fingerprint density at radius 2 is 1.64 bits per heavy atom. The Hall–Kier alpha value is -4.06. The fourth-order valence-corrected chi connectivity index (χ4v) is 4.00. The third-order valence-corrected chi connectivity index (χ3v) is 5.71. The van der Waals surface area contributed by atoms with Crippen LogP contribution >= 0.6 is 0 Å². The first-order valence-electron chi connectivity index (χ1n) is 10.5. The Morgan fingerprint density at radius 1 is 0.909 bits per heavy atom. The van der Waals surface area contributed by atoms with Gasteiger partial charge >= 0.3 is 5.97 Å². The molecule has 3 aromatic carbocycles. The highest BCUT2D eigenvalue weighted by Crippen LogP contribution is 2.39. The number of hydrogen-bond acceptors (Lipinski definition) is 6.